The molecule has 0 bridgehead atoms. The standard InChI is InChI=1S/C14H19ClN2/c1-10-5-7-17(8-6-10)14-4-3-12(11(2)16)9-13(14)15/h3-5,9,11H,6-8,16H2,1-2H3/t11-/m1/s1. The van der Waals surface area contributed by atoms with Gasteiger partial charge in [-0.2, -0.15) is 0 Å². The quantitative estimate of drug-likeness (QED) is 0.814. The maximum Gasteiger partial charge on any atom is 0.0643 e. The molecule has 2 nitrogen and oxygen atoms in total. The first-order valence-electron chi connectivity index (χ1n) is 6.03. The molecular weight excluding hydrogens is 232 g/mol. The number of halogens is 1. The molecular formula is C14H19ClN2. The highest BCUT2D eigenvalue weighted by Gasteiger charge is 2.13. The lowest BCUT2D eigenvalue weighted by Crippen LogP contribution is -2.28. The Morgan fingerprint density at radius 3 is 2.71 bits per heavy atom. The third-order valence-corrected chi connectivity index (χ3v) is 3.58. The van der Waals surface area contributed by atoms with Crippen LogP contribution in [0.5, 0.6) is 0 Å². The van der Waals surface area contributed by atoms with Gasteiger partial charge in [0.1, 0.15) is 0 Å². The predicted octanol–water partition coefficient (Wildman–Crippen LogP) is 3.52. The summed E-state index contributed by atoms with van der Waals surface area (Å²) in [6.07, 6.45) is 3.38. The van der Waals surface area contributed by atoms with Gasteiger partial charge in [0.05, 0.1) is 10.7 Å². The number of rotatable bonds is 2. The number of hydrogen-bond acceptors (Lipinski definition) is 2. The third kappa shape index (κ3) is 2.82. The fourth-order valence-electron chi connectivity index (χ4n) is 2.05. The van der Waals surface area contributed by atoms with Crippen LogP contribution in [0.3, 0.4) is 0 Å². The second-order valence-corrected chi connectivity index (χ2v) is 5.15. The molecule has 1 aliphatic heterocycles. The van der Waals surface area contributed by atoms with E-state index in [0.717, 1.165) is 35.8 Å². The molecule has 2 N–H and O–H groups in total. The molecule has 0 radical (unpaired) electrons. The maximum absolute atomic E-state index is 6.33. The van der Waals surface area contributed by atoms with E-state index in [9.17, 15) is 0 Å². The molecule has 0 fully saturated rings. The highest BCUT2D eigenvalue weighted by atomic mass is 35.5. The lowest BCUT2D eigenvalue weighted by atomic mass is 10.1. The monoisotopic (exact) mass is 250 g/mol. The molecule has 0 amide bonds. The lowest BCUT2D eigenvalue weighted by Gasteiger charge is -2.28. The molecule has 1 aromatic carbocycles. The van der Waals surface area contributed by atoms with Gasteiger partial charge in [-0.15, -0.1) is 0 Å². The van der Waals surface area contributed by atoms with Crippen LogP contribution in [0.1, 0.15) is 31.9 Å². The van der Waals surface area contributed by atoms with Gasteiger partial charge in [-0.25, -0.2) is 0 Å². The zero-order valence-electron chi connectivity index (χ0n) is 10.4. The summed E-state index contributed by atoms with van der Waals surface area (Å²) in [7, 11) is 0. The van der Waals surface area contributed by atoms with Crippen molar-refractivity contribution in [3.63, 3.8) is 0 Å². The summed E-state index contributed by atoms with van der Waals surface area (Å²) in [5, 5.41) is 0.799. The van der Waals surface area contributed by atoms with E-state index >= 15 is 0 Å². The minimum atomic E-state index is 0.0325. The van der Waals surface area contributed by atoms with E-state index in [1.54, 1.807) is 0 Å². The summed E-state index contributed by atoms with van der Waals surface area (Å²) in [5.74, 6) is 0. The summed E-state index contributed by atoms with van der Waals surface area (Å²) < 4.78 is 0. The fourth-order valence-corrected chi connectivity index (χ4v) is 2.36. The van der Waals surface area contributed by atoms with Crippen LogP contribution in [-0.2, 0) is 0 Å². The zero-order valence-corrected chi connectivity index (χ0v) is 11.2. The topological polar surface area (TPSA) is 29.3 Å². The first-order valence-corrected chi connectivity index (χ1v) is 6.41. The molecule has 1 aliphatic rings. The number of hydrogen-bond donors (Lipinski definition) is 1. The summed E-state index contributed by atoms with van der Waals surface area (Å²) >= 11 is 6.33. The van der Waals surface area contributed by atoms with Crippen molar-refractivity contribution in [1.82, 2.24) is 0 Å². The fraction of sp³-hybridized carbons (Fsp3) is 0.429. The molecule has 1 heterocycles. The lowest BCUT2D eigenvalue weighted by molar-refractivity contribution is 0.784. The van der Waals surface area contributed by atoms with E-state index in [1.165, 1.54) is 5.57 Å². The highest BCUT2D eigenvalue weighted by molar-refractivity contribution is 6.33. The molecule has 92 valence electrons. The molecule has 0 unspecified atom stereocenters. The summed E-state index contributed by atoms with van der Waals surface area (Å²) in [6, 6.07) is 6.16. The van der Waals surface area contributed by atoms with Crippen LogP contribution in [0.2, 0.25) is 5.02 Å². The number of nitrogens with two attached hydrogens (primary N) is 1. The third-order valence-electron chi connectivity index (χ3n) is 3.27. The van der Waals surface area contributed by atoms with Crippen LogP contribution in [-0.4, -0.2) is 13.1 Å². The smallest absolute Gasteiger partial charge is 0.0643 e. The van der Waals surface area contributed by atoms with Gasteiger partial charge in [-0.05, 0) is 38.0 Å². The molecule has 2 rings (SSSR count). The van der Waals surface area contributed by atoms with Crippen molar-refractivity contribution < 1.29 is 0 Å². The van der Waals surface area contributed by atoms with E-state index in [-0.39, 0.29) is 6.04 Å². The van der Waals surface area contributed by atoms with Crippen molar-refractivity contribution in [1.29, 1.82) is 0 Å². The van der Waals surface area contributed by atoms with Crippen molar-refractivity contribution in [3.05, 3.63) is 40.4 Å². The average molecular weight is 251 g/mol. The van der Waals surface area contributed by atoms with Crippen LogP contribution >= 0.6 is 11.6 Å². The number of nitrogens with zero attached hydrogens (tertiary/aromatic N) is 1. The second kappa shape index (κ2) is 5.11. The molecule has 0 aliphatic carbocycles. The Labute approximate surface area is 108 Å². The van der Waals surface area contributed by atoms with Gasteiger partial charge >= 0.3 is 0 Å². The second-order valence-electron chi connectivity index (χ2n) is 4.75. The van der Waals surface area contributed by atoms with Crippen molar-refractivity contribution in [3.8, 4) is 0 Å². The van der Waals surface area contributed by atoms with Crippen molar-refractivity contribution in [2.45, 2.75) is 26.3 Å². The van der Waals surface area contributed by atoms with Crippen LogP contribution in [0.25, 0.3) is 0 Å². The summed E-state index contributed by atoms with van der Waals surface area (Å²) in [4.78, 5) is 2.31. The van der Waals surface area contributed by atoms with Crippen molar-refractivity contribution in [2.75, 3.05) is 18.0 Å². The number of anilines is 1. The number of benzene rings is 1. The Balaban J connectivity index is 2.22. The van der Waals surface area contributed by atoms with E-state index in [4.69, 9.17) is 17.3 Å². The molecule has 0 spiro atoms. The molecule has 17 heavy (non-hydrogen) atoms. The summed E-state index contributed by atoms with van der Waals surface area (Å²) in [6.45, 7) is 6.14. The Kier molecular flexibility index (Phi) is 3.75. The van der Waals surface area contributed by atoms with E-state index < -0.39 is 0 Å². The van der Waals surface area contributed by atoms with Gasteiger partial charge in [0.15, 0.2) is 0 Å². The minimum absolute atomic E-state index is 0.0325. The normalized spacial score (nSPS) is 17.9. The van der Waals surface area contributed by atoms with Gasteiger partial charge in [0, 0.05) is 19.1 Å². The van der Waals surface area contributed by atoms with Crippen LogP contribution in [0, 0.1) is 0 Å². The van der Waals surface area contributed by atoms with Gasteiger partial charge in [0.25, 0.3) is 0 Å². The van der Waals surface area contributed by atoms with Gasteiger partial charge < -0.3 is 10.6 Å². The Hall–Kier alpha value is -0.990. The molecule has 0 saturated heterocycles. The van der Waals surface area contributed by atoms with Crippen LogP contribution in [0.4, 0.5) is 5.69 Å². The van der Waals surface area contributed by atoms with Crippen molar-refractivity contribution in [2.24, 2.45) is 5.73 Å². The minimum Gasteiger partial charge on any atom is -0.366 e. The van der Waals surface area contributed by atoms with Crippen LogP contribution in [0.15, 0.2) is 29.8 Å². The Bertz CT molecular complexity index is 438. The van der Waals surface area contributed by atoms with Gasteiger partial charge in [-0.3, -0.25) is 0 Å². The molecule has 0 aromatic heterocycles. The Morgan fingerprint density at radius 2 is 2.18 bits per heavy atom. The van der Waals surface area contributed by atoms with E-state index in [2.05, 4.69) is 30.0 Å². The average Bonchev–Trinajstić information content (AvgIpc) is 2.30. The van der Waals surface area contributed by atoms with E-state index in [1.807, 2.05) is 13.0 Å². The molecule has 3 heteroatoms. The first-order chi connectivity index (χ1) is 8.08. The highest BCUT2D eigenvalue weighted by Crippen LogP contribution is 2.30. The van der Waals surface area contributed by atoms with Crippen molar-refractivity contribution >= 4 is 17.3 Å². The predicted molar refractivity (Wildman–Crippen MR) is 74.6 cm³/mol. The summed E-state index contributed by atoms with van der Waals surface area (Å²) in [5.41, 5.74) is 9.51. The first kappa shape index (κ1) is 12.5. The van der Waals surface area contributed by atoms with Gasteiger partial charge in [0.2, 0.25) is 0 Å². The van der Waals surface area contributed by atoms with E-state index in [0.29, 0.717) is 0 Å². The SMILES string of the molecule is CC1=CCN(c2ccc([C@@H](C)N)cc2Cl)CC1. The van der Waals surface area contributed by atoms with Crippen LogP contribution < -0.4 is 10.6 Å². The van der Waals surface area contributed by atoms with Gasteiger partial charge in [-0.1, -0.05) is 29.3 Å². The Morgan fingerprint density at radius 1 is 1.41 bits per heavy atom. The molecule has 0 saturated carbocycles. The molecule has 1 atom stereocenters. The maximum atomic E-state index is 6.33. The largest absolute Gasteiger partial charge is 0.366 e. The molecule has 1 aromatic rings. The zero-order chi connectivity index (χ0) is 12.4.